The SMILES string of the molecule is O=C(CCC1CCCC1)N1CCN(C(=O)c2ccc(OCc3cccnc3)cc2)CC1. The maximum absolute atomic E-state index is 12.8. The fraction of sp³-hybridized carbons (Fsp3) is 0.480. The van der Waals surface area contributed by atoms with Crippen LogP contribution in [0.5, 0.6) is 5.75 Å². The summed E-state index contributed by atoms with van der Waals surface area (Å²) in [6, 6.07) is 11.1. The summed E-state index contributed by atoms with van der Waals surface area (Å²) in [6.45, 7) is 2.88. The van der Waals surface area contributed by atoms with E-state index in [2.05, 4.69) is 4.98 Å². The maximum atomic E-state index is 12.8. The van der Waals surface area contributed by atoms with Gasteiger partial charge in [0.25, 0.3) is 5.91 Å². The van der Waals surface area contributed by atoms with Gasteiger partial charge < -0.3 is 14.5 Å². The van der Waals surface area contributed by atoms with Gasteiger partial charge in [0.1, 0.15) is 12.4 Å². The molecule has 1 saturated carbocycles. The van der Waals surface area contributed by atoms with E-state index in [9.17, 15) is 9.59 Å². The molecule has 2 amide bonds. The Morgan fingerprint density at radius 1 is 0.968 bits per heavy atom. The maximum Gasteiger partial charge on any atom is 0.253 e. The average molecular weight is 422 g/mol. The average Bonchev–Trinajstić information content (AvgIpc) is 3.36. The lowest BCUT2D eigenvalue weighted by Gasteiger charge is -2.35. The minimum absolute atomic E-state index is 0.0110. The van der Waals surface area contributed by atoms with Gasteiger partial charge in [-0.1, -0.05) is 31.7 Å². The molecule has 2 aliphatic rings. The van der Waals surface area contributed by atoms with Gasteiger partial charge >= 0.3 is 0 Å². The summed E-state index contributed by atoms with van der Waals surface area (Å²) in [5.74, 6) is 1.71. The van der Waals surface area contributed by atoms with Gasteiger partial charge in [0.2, 0.25) is 5.91 Å². The molecule has 1 aliphatic carbocycles. The van der Waals surface area contributed by atoms with E-state index < -0.39 is 0 Å². The molecule has 1 aliphatic heterocycles. The monoisotopic (exact) mass is 421 g/mol. The van der Waals surface area contributed by atoms with E-state index in [0.717, 1.165) is 23.7 Å². The number of ether oxygens (including phenoxy) is 1. The second-order valence-corrected chi connectivity index (χ2v) is 8.54. The van der Waals surface area contributed by atoms with Crippen molar-refractivity contribution in [3.63, 3.8) is 0 Å². The number of rotatable bonds is 7. The predicted octanol–water partition coefficient (Wildman–Crippen LogP) is 3.92. The zero-order valence-electron chi connectivity index (χ0n) is 18.0. The van der Waals surface area contributed by atoms with Crippen molar-refractivity contribution in [3.8, 4) is 5.75 Å². The molecular weight excluding hydrogens is 390 g/mol. The molecule has 0 N–H and O–H groups in total. The first-order chi connectivity index (χ1) is 15.2. The molecule has 0 atom stereocenters. The van der Waals surface area contributed by atoms with Crippen molar-refractivity contribution < 1.29 is 14.3 Å². The molecule has 4 rings (SSSR count). The van der Waals surface area contributed by atoms with Crippen molar-refractivity contribution in [2.75, 3.05) is 26.2 Å². The van der Waals surface area contributed by atoms with E-state index in [1.165, 1.54) is 25.7 Å². The number of amides is 2. The lowest BCUT2D eigenvalue weighted by molar-refractivity contribution is -0.133. The number of carbonyl (C=O) groups is 2. The number of nitrogens with zero attached hydrogens (tertiary/aromatic N) is 3. The smallest absolute Gasteiger partial charge is 0.253 e. The van der Waals surface area contributed by atoms with E-state index in [1.54, 1.807) is 24.5 Å². The van der Waals surface area contributed by atoms with Crippen LogP contribution < -0.4 is 4.74 Å². The van der Waals surface area contributed by atoms with Crippen LogP contribution in [0.2, 0.25) is 0 Å². The third-order valence-corrected chi connectivity index (χ3v) is 6.39. The number of aromatic nitrogens is 1. The Kier molecular flexibility index (Phi) is 7.18. The van der Waals surface area contributed by atoms with Crippen molar-refractivity contribution >= 4 is 11.8 Å². The molecule has 1 aromatic carbocycles. The van der Waals surface area contributed by atoms with Crippen LogP contribution in [0, 0.1) is 5.92 Å². The molecular formula is C25H31N3O3. The highest BCUT2D eigenvalue weighted by Crippen LogP contribution is 2.28. The second-order valence-electron chi connectivity index (χ2n) is 8.54. The fourth-order valence-electron chi connectivity index (χ4n) is 4.47. The van der Waals surface area contributed by atoms with Crippen LogP contribution in [-0.4, -0.2) is 52.8 Å². The Hall–Kier alpha value is -2.89. The molecule has 2 fully saturated rings. The summed E-state index contributed by atoms with van der Waals surface area (Å²) in [5, 5.41) is 0. The number of piperazine rings is 1. The van der Waals surface area contributed by atoms with Crippen molar-refractivity contribution in [3.05, 3.63) is 59.9 Å². The van der Waals surface area contributed by atoms with Crippen LogP contribution in [0.25, 0.3) is 0 Å². The van der Waals surface area contributed by atoms with Crippen molar-refractivity contribution in [2.45, 2.75) is 45.1 Å². The van der Waals surface area contributed by atoms with Crippen molar-refractivity contribution in [1.29, 1.82) is 0 Å². The molecule has 0 bridgehead atoms. The van der Waals surface area contributed by atoms with E-state index in [-0.39, 0.29) is 11.8 Å². The van der Waals surface area contributed by atoms with Gasteiger partial charge in [-0.25, -0.2) is 0 Å². The Labute approximate surface area is 184 Å². The Balaban J connectivity index is 1.22. The molecule has 6 nitrogen and oxygen atoms in total. The first-order valence-corrected chi connectivity index (χ1v) is 11.4. The van der Waals surface area contributed by atoms with Crippen LogP contribution >= 0.6 is 0 Å². The second kappa shape index (κ2) is 10.4. The van der Waals surface area contributed by atoms with Gasteiger partial charge in [-0.3, -0.25) is 14.6 Å². The number of carbonyl (C=O) groups excluding carboxylic acids is 2. The van der Waals surface area contributed by atoms with E-state index in [1.807, 2.05) is 34.1 Å². The molecule has 31 heavy (non-hydrogen) atoms. The molecule has 164 valence electrons. The molecule has 6 heteroatoms. The van der Waals surface area contributed by atoms with Crippen LogP contribution in [0.15, 0.2) is 48.8 Å². The zero-order valence-corrected chi connectivity index (χ0v) is 18.0. The quantitative estimate of drug-likeness (QED) is 0.680. The molecule has 0 unspecified atom stereocenters. The van der Waals surface area contributed by atoms with Gasteiger partial charge in [0.15, 0.2) is 0 Å². The third kappa shape index (κ3) is 5.84. The molecule has 1 saturated heterocycles. The first kappa shape index (κ1) is 21.3. The fourth-order valence-corrected chi connectivity index (χ4v) is 4.47. The number of hydrogen-bond acceptors (Lipinski definition) is 4. The van der Waals surface area contributed by atoms with Gasteiger partial charge in [0.05, 0.1) is 0 Å². The van der Waals surface area contributed by atoms with Gasteiger partial charge in [-0.05, 0) is 42.7 Å². The van der Waals surface area contributed by atoms with Crippen LogP contribution in [0.3, 0.4) is 0 Å². The van der Waals surface area contributed by atoms with Crippen LogP contribution in [-0.2, 0) is 11.4 Å². The molecule has 2 heterocycles. The highest BCUT2D eigenvalue weighted by atomic mass is 16.5. The summed E-state index contributed by atoms with van der Waals surface area (Å²) in [7, 11) is 0. The standard InChI is InChI=1S/C25H31N3O3/c29-24(12-7-20-4-1-2-5-20)27-14-16-28(17-15-27)25(30)22-8-10-23(11-9-22)31-19-21-6-3-13-26-18-21/h3,6,8-11,13,18,20H,1-2,4-5,7,12,14-17,19H2. The number of pyridine rings is 1. The highest BCUT2D eigenvalue weighted by molar-refractivity contribution is 5.94. The van der Waals surface area contributed by atoms with E-state index in [0.29, 0.717) is 44.8 Å². The molecule has 1 aromatic heterocycles. The minimum Gasteiger partial charge on any atom is -0.489 e. The zero-order chi connectivity index (χ0) is 21.5. The third-order valence-electron chi connectivity index (χ3n) is 6.39. The number of hydrogen-bond donors (Lipinski definition) is 0. The highest BCUT2D eigenvalue weighted by Gasteiger charge is 2.25. The summed E-state index contributed by atoms with van der Waals surface area (Å²) >= 11 is 0. The minimum atomic E-state index is 0.0110. The van der Waals surface area contributed by atoms with Gasteiger partial charge in [-0.2, -0.15) is 0 Å². The Morgan fingerprint density at radius 3 is 2.35 bits per heavy atom. The van der Waals surface area contributed by atoms with E-state index >= 15 is 0 Å². The Bertz CT molecular complexity index is 855. The van der Waals surface area contributed by atoms with Crippen LogP contribution in [0.1, 0.15) is 54.4 Å². The van der Waals surface area contributed by atoms with Crippen molar-refractivity contribution in [1.82, 2.24) is 14.8 Å². The molecule has 0 spiro atoms. The number of benzene rings is 1. The summed E-state index contributed by atoms with van der Waals surface area (Å²) in [4.78, 5) is 33.2. The first-order valence-electron chi connectivity index (χ1n) is 11.4. The van der Waals surface area contributed by atoms with Gasteiger partial charge in [0, 0.05) is 56.1 Å². The Morgan fingerprint density at radius 2 is 1.68 bits per heavy atom. The normalized spacial score (nSPS) is 17.0. The predicted molar refractivity (Wildman–Crippen MR) is 119 cm³/mol. The van der Waals surface area contributed by atoms with Crippen LogP contribution in [0.4, 0.5) is 0 Å². The molecule has 2 aromatic rings. The van der Waals surface area contributed by atoms with Crippen molar-refractivity contribution in [2.24, 2.45) is 5.92 Å². The topological polar surface area (TPSA) is 62.7 Å². The summed E-state index contributed by atoms with van der Waals surface area (Å²) in [5.41, 5.74) is 1.65. The summed E-state index contributed by atoms with van der Waals surface area (Å²) in [6.07, 6.45) is 10.4. The summed E-state index contributed by atoms with van der Waals surface area (Å²) < 4.78 is 5.76. The lowest BCUT2D eigenvalue weighted by Crippen LogP contribution is -2.50. The molecule has 0 radical (unpaired) electrons. The van der Waals surface area contributed by atoms with Gasteiger partial charge in [-0.15, -0.1) is 0 Å². The largest absolute Gasteiger partial charge is 0.489 e. The van der Waals surface area contributed by atoms with E-state index in [4.69, 9.17) is 4.74 Å². The lowest BCUT2D eigenvalue weighted by atomic mass is 10.0.